The number of aryl methyl sites for hydroxylation is 1. The molecule has 3 aromatic rings. The molecule has 0 aliphatic carbocycles. The summed E-state index contributed by atoms with van der Waals surface area (Å²) in [5, 5.41) is 12.2. The molecule has 2 heterocycles. The van der Waals surface area contributed by atoms with Crippen LogP contribution in [0.25, 0.3) is 11.4 Å². The van der Waals surface area contributed by atoms with Gasteiger partial charge in [0.1, 0.15) is 5.75 Å². The van der Waals surface area contributed by atoms with Crippen molar-refractivity contribution in [2.75, 3.05) is 24.4 Å². The molecule has 1 atom stereocenters. The van der Waals surface area contributed by atoms with E-state index in [-0.39, 0.29) is 29.2 Å². The van der Waals surface area contributed by atoms with E-state index in [0.717, 1.165) is 23.6 Å². The number of hydrogen-bond acceptors (Lipinski definition) is 7. The molecule has 0 radical (unpaired) electrons. The number of ether oxygens (including phenoxy) is 1. The van der Waals surface area contributed by atoms with E-state index in [2.05, 4.69) is 27.6 Å². The minimum absolute atomic E-state index is 0.0122. The molecular formula is C23H26N4O4S2. The van der Waals surface area contributed by atoms with E-state index in [1.165, 1.54) is 17.3 Å². The number of thioether (sulfide) groups is 1. The zero-order valence-corrected chi connectivity index (χ0v) is 19.9. The highest BCUT2D eigenvalue weighted by atomic mass is 32.2. The number of rotatable bonds is 9. The minimum atomic E-state index is -3.04. The van der Waals surface area contributed by atoms with Crippen molar-refractivity contribution in [2.45, 2.75) is 30.6 Å². The Balaban J connectivity index is 1.48. The lowest BCUT2D eigenvalue weighted by Gasteiger charge is -2.12. The number of amides is 1. The third kappa shape index (κ3) is 6.14. The van der Waals surface area contributed by atoms with E-state index in [4.69, 9.17) is 4.74 Å². The van der Waals surface area contributed by atoms with E-state index in [0.29, 0.717) is 18.1 Å². The summed E-state index contributed by atoms with van der Waals surface area (Å²) >= 11 is 1.30. The Morgan fingerprint density at radius 2 is 1.91 bits per heavy atom. The van der Waals surface area contributed by atoms with Crippen LogP contribution in [-0.2, 0) is 27.6 Å². The molecule has 0 saturated carbocycles. The molecule has 1 saturated heterocycles. The summed E-state index contributed by atoms with van der Waals surface area (Å²) in [5.74, 6) is 1.56. The van der Waals surface area contributed by atoms with E-state index in [1.807, 2.05) is 47.0 Å². The molecule has 1 aliphatic rings. The van der Waals surface area contributed by atoms with Gasteiger partial charge in [-0.05, 0) is 42.7 Å². The maximum atomic E-state index is 12.4. The van der Waals surface area contributed by atoms with Crippen molar-refractivity contribution in [3.05, 3.63) is 60.2 Å². The number of carbonyl (C=O) groups excluding carboxylic acids is 1. The van der Waals surface area contributed by atoms with Gasteiger partial charge in [0, 0.05) is 18.2 Å². The molecule has 10 heteroatoms. The first-order valence-corrected chi connectivity index (χ1v) is 13.5. The maximum absolute atomic E-state index is 12.4. The van der Waals surface area contributed by atoms with E-state index in [1.54, 1.807) is 7.11 Å². The van der Waals surface area contributed by atoms with Crippen molar-refractivity contribution in [3.8, 4) is 17.1 Å². The number of aromatic nitrogens is 3. The van der Waals surface area contributed by atoms with Crippen LogP contribution in [0.4, 0.5) is 0 Å². The lowest BCUT2D eigenvalue weighted by Crippen LogP contribution is -2.36. The molecule has 2 aromatic carbocycles. The Kier molecular flexibility index (Phi) is 7.34. The third-order valence-electron chi connectivity index (χ3n) is 5.46. The van der Waals surface area contributed by atoms with Crippen molar-refractivity contribution < 1.29 is 17.9 Å². The smallest absolute Gasteiger partial charge is 0.230 e. The molecule has 8 nitrogen and oxygen atoms in total. The first-order valence-electron chi connectivity index (χ1n) is 10.7. The van der Waals surface area contributed by atoms with Gasteiger partial charge in [0.15, 0.2) is 20.8 Å². The van der Waals surface area contributed by atoms with Gasteiger partial charge in [-0.3, -0.25) is 4.79 Å². The second-order valence-corrected chi connectivity index (χ2v) is 11.0. The van der Waals surface area contributed by atoms with Crippen LogP contribution in [-0.4, -0.2) is 59.5 Å². The number of sulfone groups is 1. The molecule has 4 rings (SSSR count). The molecule has 174 valence electrons. The van der Waals surface area contributed by atoms with Crippen molar-refractivity contribution in [3.63, 3.8) is 0 Å². The quantitative estimate of drug-likeness (QED) is 0.464. The van der Waals surface area contributed by atoms with Gasteiger partial charge in [0.2, 0.25) is 5.91 Å². The van der Waals surface area contributed by atoms with Gasteiger partial charge in [0.05, 0.1) is 24.4 Å². The van der Waals surface area contributed by atoms with E-state index < -0.39 is 9.84 Å². The van der Waals surface area contributed by atoms with Gasteiger partial charge in [-0.15, -0.1) is 10.2 Å². The van der Waals surface area contributed by atoms with Gasteiger partial charge in [0.25, 0.3) is 0 Å². The predicted octanol–water partition coefficient (Wildman–Crippen LogP) is 2.59. The largest absolute Gasteiger partial charge is 0.497 e. The molecule has 33 heavy (non-hydrogen) atoms. The van der Waals surface area contributed by atoms with Gasteiger partial charge < -0.3 is 14.6 Å². The topological polar surface area (TPSA) is 103 Å². The molecule has 0 spiro atoms. The molecule has 0 bridgehead atoms. The summed E-state index contributed by atoms with van der Waals surface area (Å²) in [6.45, 7) is 0.656. The summed E-state index contributed by atoms with van der Waals surface area (Å²) in [5.41, 5.74) is 2.10. The van der Waals surface area contributed by atoms with Crippen LogP contribution >= 0.6 is 11.8 Å². The Labute approximate surface area is 197 Å². The zero-order valence-electron chi connectivity index (χ0n) is 18.3. The number of hydrogen-bond donors (Lipinski definition) is 1. The van der Waals surface area contributed by atoms with Gasteiger partial charge >= 0.3 is 0 Å². The van der Waals surface area contributed by atoms with Crippen molar-refractivity contribution in [1.29, 1.82) is 0 Å². The van der Waals surface area contributed by atoms with Gasteiger partial charge in [-0.1, -0.05) is 42.1 Å². The SMILES string of the molecule is COc1ccc(-c2nnc(SCC(=O)NC3CCS(=O)(=O)C3)n2CCc2ccccc2)cc1. The number of nitrogens with zero attached hydrogens (tertiary/aromatic N) is 3. The highest BCUT2D eigenvalue weighted by Gasteiger charge is 2.29. The normalized spacial score (nSPS) is 17.1. The fourth-order valence-electron chi connectivity index (χ4n) is 3.74. The number of benzene rings is 2. The first kappa shape index (κ1) is 23.3. The summed E-state index contributed by atoms with van der Waals surface area (Å²) in [6, 6.07) is 17.5. The van der Waals surface area contributed by atoms with Gasteiger partial charge in [-0.25, -0.2) is 8.42 Å². The van der Waals surface area contributed by atoms with Crippen LogP contribution in [0.5, 0.6) is 5.75 Å². The summed E-state index contributed by atoms with van der Waals surface area (Å²) in [4.78, 5) is 12.4. The standard InChI is InChI=1S/C23H26N4O4S2/c1-31-20-9-7-18(8-10-20)22-25-26-23(27(22)13-11-17-5-3-2-4-6-17)32-15-21(28)24-19-12-14-33(29,30)16-19/h2-10,19H,11-16H2,1H3,(H,24,28). The molecule has 1 unspecified atom stereocenters. The average molecular weight is 487 g/mol. The fourth-order valence-corrected chi connectivity index (χ4v) is 6.19. The molecule has 1 aliphatic heterocycles. The number of nitrogens with one attached hydrogen (secondary N) is 1. The Morgan fingerprint density at radius 1 is 1.15 bits per heavy atom. The lowest BCUT2D eigenvalue weighted by atomic mass is 10.1. The summed E-state index contributed by atoms with van der Waals surface area (Å²) in [6.07, 6.45) is 1.26. The van der Waals surface area contributed by atoms with Crippen molar-refractivity contribution >= 4 is 27.5 Å². The van der Waals surface area contributed by atoms with Crippen LogP contribution < -0.4 is 10.1 Å². The van der Waals surface area contributed by atoms with Crippen LogP contribution in [0, 0.1) is 0 Å². The summed E-state index contributed by atoms with van der Waals surface area (Å²) in [7, 11) is -1.41. The Morgan fingerprint density at radius 3 is 2.58 bits per heavy atom. The van der Waals surface area contributed by atoms with Crippen LogP contribution in [0.1, 0.15) is 12.0 Å². The highest BCUT2D eigenvalue weighted by molar-refractivity contribution is 7.99. The van der Waals surface area contributed by atoms with Crippen molar-refractivity contribution in [2.24, 2.45) is 0 Å². The molecule has 1 aromatic heterocycles. The molecule has 1 amide bonds. The van der Waals surface area contributed by atoms with Crippen LogP contribution in [0.2, 0.25) is 0 Å². The first-order chi connectivity index (χ1) is 15.9. The third-order valence-corrected chi connectivity index (χ3v) is 8.20. The van der Waals surface area contributed by atoms with Crippen LogP contribution in [0.3, 0.4) is 0 Å². The average Bonchev–Trinajstić information content (AvgIpc) is 3.39. The maximum Gasteiger partial charge on any atom is 0.230 e. The monoisotopic (exact) mass is 486 g/mol. The number of carbonyl (C=O) groups is 1. The Hall–Kier alpha value is -2.85. The van der Waals surface area contributed by atoms with E-state index in [9.17, 15) is 13.2 Å². The Bertz CT molecular complexity index is 1190. The highest BCUT2D eigenvalue weighted by Crippen LogP contribution is 2.26. The molecule has 1 N–H and O–H groups in total. The fraction of sp³-hybridized carbons (Fsp3) is 0.348. The van der Waals surface area contributed by atoms with Crippen LogP contribution in [0.15, 0.2) is 59.8 Å². The predicted molar refractivity (Wildman–Crippen MR) is 128 cm³/mol. The van der Waals surface area contributed by atoms with E-state index >= 15 is 0 Å². The minimum Gasteiger partial charge on any atom is -0.497 e. The second-order valence-electron chi connectivity index (χ2n) is 7.88. The van der Waals surface area contributed by atoms with Crippen molar-refractivity contribution in [1.82, 2.24) is 20.1 Å². The molecule has 1 fully saturated rings. The lowest BCUT2D eigenvalue weighted by molar-refractivity contribution is -0.119. The zero-order chi connectivity index (χ0) is 23.3. The second kappa shape index (κ2) is 10.4. The molecular weight excluding hydrogens is 460 g/mol. The van der Waals surface area contributed by atoms with Gasteiger partial charge in [-0.2, -0.15) is 0 Å². The number of methoxy groups -OCH3 is 1. The summed E-state index contributed by atoms with van der Waals surface area (Å²) < 4.78 is 30.5.